The molecule has 1 aliphatic heterocycles. The van der Waals surface area contributed by atoms with Crippen LogP contribution in [0.5, 0.6) is 0 Å². The van der Waals surface area contributed by atoms with Crippen molar-refractivity contribution in [2.75, 3.05) is 38.1 Å². The Balaban J connectivity index is 2.28. The highest BCUT2D eigenvalue weighted by Gasteiger charge is 2.16. The van der Waals surface area contributed by atoms with Crippen LogP contribution >= 0.6 is 0 Å². The van der Waals surface area contributed by atoms with Gasteiger partial charge >= 0.3 is 0 Å². The first-order chi connectivity index (χ1) is 8.97. The molecule has 0 atom stereocenters. The maximum atomic E-state index is 2.54. The average molecular weight is 260 g/mol. The van der Waals surface area contributed by atoms with Gasteiger partial charge in [-0.05, 0) is 42.1 Å². The Morgan fingerprint density at radius 3 is 1.68 bits per heavy atom. The first-order valence-corrected chi connectivity index (χ1v) is 7.55. The number of anilines is 1. The van der Waals surface area contributed by atoms with Gasteiger partial charge in [0.2, 0.25) is 0 Å². The second kappa shape index (κ2) is 5.96. The fourth-order valence-corrected chi connectivity index (χ4v) is 2.57. The Bertz CT molecular complexity index is 389. The normalized spacial score (nSPS) is 17.5. The van der Waals surface area contributed by atoms with E-state index < -0.39 is 0 Å². The summed E-state index contributed by atoms with van der Waals surface area (Å²) in [6, 6.07) is 7.17. The van der Waals surface area contributed by atoms with Gasteiger partial charge in [0.05, 0.1) is 0 Å². The molecule has 0 aromatic heterocycles. The highest BCUT2D eigenvalue weighted by atomic mass is 15.2. The molecule has 2 rings (SSSR count). The molecule has 0 N–H and O–H groups in total. The molecule has 1 saturated heterocycles. The van der Waals surface area contributed by atoms with Crippen molar-refractivity contribution < 1.29 is 0 Å². The molecule has 0 spiro atoms. The van der Waals surface area contributed by atoms with Crippen LogP contribution in [0.4, 0.5) is 5.69 Å². The fraction of sp³-hybridized carbons (Fsp3) is 0.647. The number of rotatable bonds is 3. The van der Waals surface area contributed by atoms with E-state index in [0.29, 0.717) is 11.8 Å². The van der Waals surface area contributed by atoms with E-state index in [4.69, 9.17) is 0 Å². The minimum Gasteiger partial charge on any atom is -0.369 e. The van der Waals surface area contributed by atoms with Gasteiger partial charge in [-0.2, -0.15) is 0 Å². The summed E-state index contributed by atoms with van der Waals surface area (Å²) in [4.78, 5) is 4.95. The van der Waals surface area contributed by atoms with Crippen LogP contribution in [0.2, 0.25) is 0 Å². The summed E-state index contributed by atoms with van der Waals surface area (Å²) in [6.07, 6.45) is 0. The molecular weight excluding hydrogens is 232 g/mol. The van der Waals surface area contributed by atoms with Crippen molar-refractivity contribution in [1.82, 2.24) is 4.90 Å². The number of hydrogen-bond donors (Lipinski definition) is 0. The molecule has 106 valence electrons. The van der Waals surface area contributed by atoms with Crippen molar-refractivity contribution in [3.8, 4) is 0 Å². The Morgan fingerprint density at radius 1 is 0.789 bits per heavy atom. The summed E-state index contributed by atoms with van der Waals surface area (Å²) in [5.41, 5.74) is 4.36. The van der Waals surface area contributed by atoms with Gasteiger partial charge in [-0.3, -0.25) is 0 Å². The van der Waals surface area contributed by atoms with E-state index in [2.05, 4.69) is 62.7 Å². The van der Waals surface area contributed by atoms with Gasteiger partial charge in [-0.15, -0.1) is 0 Å². The topological polar surface area (TPSA) is 6.48 Å². The SMILES string of the molecule is CC(C)c1cc(C(C)C)cc(N2CCN(C)CC2)c1. The molecule has 1 aromatic carbocycles. The number of piperazine rings is 1. The first kappa shape index (κ1) is 14.4. The van der Waals surface area contributed by atoms with Gasteiger partial charge in [0, 0.05) is 31.9 Å². The highest BCUT2D eigenvalue weighted by molar-refractivity contribution is 5.53. The second-order valence-corrected chi connectivity index (χ2v) is 6.46. The van der Waals surface area contributed by atoms with Gasteiger partial charge < -0.3 is 9.80 Å². The van der Waals surface area contributed by atoms with Crippen LogP contribution in [-0.4, -0.2) is 38.1 Å². The Hall–Kier alpha value is -1.02. The predicted octanol–water partition coefficient (Wildman–Crippen LogP) is 3.69. The zero-order chi connectivity index (χ0) is 14.0. The molecule has 1 aromatic rings. The standard InChI is InChI=1S/C17H28N2/c1-13(2)15-10-16(14(3)4)12-17(11-15)19-8-6-18(5)7-9-19/h10-14H,6-9H2,1-5H3. The number of hydrogen-bond acceptors (Lipinski definition) is 2. The number of likely N-dealkylation sites (N-methyl/N-ethyl adjacent to an activating group) is 1. The van der Waals surface area contributed by atoms with Crippen molar-refractivity contribution in [1.29, 1.82) is 0 Å². The summed E-state index contributed by atoms with van der Waals surface area (Å²) in [5, 5.41) is 0. The molecule has 1 aliphatic rings. The van der Waals surface area contributed by atoms with Crippen LogP contribution in [0.3, 0.4) is 0 Å². The Labute approximate surface area is 118 Å². The lowest BCUT2D eigenvalue weighted by Crippen LogP contribution is -2.44. The predicted molar refractivity (Wildman–Crippen MR) is 84.3 cm³/mol. The first-order valence-electron chi connectivity index (χ1n) is 7.55. The minimum atomic E-state index is 0.602. The lowest BCUT2D eigenvalue weighted by Gasteiger charge is -2.34. The summed E-state index contributed by atoms with van der Waals surface area (Å²) in [5.74, 6) is 1.20. The average Bonchev–Trinajstić information content (AvgIpc) is 2.39. The van der Waals surface area contributed by atoms with E-state index in [-0.39, 0.29) is 0 Å². The summed E-state index contributed by atoms with van der Waals surface area (Å²) in [6.45, 7) is 13.8. The molecule has 2 heteroatoms. The Kier molecular flexibility index (Phi) is 4.51. The monoisotopic (exact) mass is 260 g/mol. The fourth-order valence-electron chi connectivity index (χ4n) is 2.57. The van der Waals surface area contributed by atoms with Gasteiger partial charge in [0.1, 0.15) is 0 Å². The molecule has 0 unspecified atom stereocenters. The van der Waals surface area contributed by atoms with E-state index in [1.807, 2.05) is 0 Å². The third-order valence-electron chi connectivity index (χ3n) is 4.16. The van der Waals surface area contributed by atoms with Gasteiger partial charge in [-0.1, -0.05) is 33.8 Å². The largest absolute Gasteiger partial charge is 0.369 e. The van der Waals surface area contributed by atoms with Gasteiger partial charge in [0.15, 0.2) is 0 Å². The smallest absolute Gasteiger partial charge is 0.0372 e. The maximum Gasteiger partial charge on any atom is 0.0372 e. The van der Waals surface area contributed by atoms with Gasteiger partial charge in [-0.25, -0.2) is 0 Å². The molecule has 19 heavy (non-hydrogen) atoms. The molecular formula is C17H28N2. The minimum absolute atomic E-state index is 0.602. The maximum absolute atomic E-state index is 2.54. The van der Waals surface area contributed by atoms with Crippen molar-refractivity contribution >= 4 is 5.69 Å². The quantitative estimate of drug-likeness (QED) is 0.818. The van der Waals surface area contributed by atoms with Crippen molar-refractivity contribution in [3.05, 3.63) is 29.3 Å². The highest BCUT2D eigenvalue weighted by Crippen LogP contribution is 2.28. The van der Waals surface area contributed by atoms with Gasteiger partial charge in [0.25, 0.3) is 0 Å². The van der Waals surface area contributed by atoms with Crippen LogP contribution in [0.15, 0.2) is 18.2 Å². The van der Waals surface area contributed by atoms with E-state index >= 15 is 0 Å². The van der Waals surface area contributed by atoms with E-state index in [0.717, 1.165) is 13.1 Å². The van der Waals surface area contributed by atoms with E-state index in [1.165, 1.54) is 29.9 Å². The lowest BCUT2D eigenvalue weighted by molar-refractivity contribution is 0.313. The van der Waals surface area contributed by atoms with Crippen LogP contribution in [0, 0.1) is 0 Å². The van der Waals surface area contributed by atoms with Crippen LogP contribution < -0.4 is 4.90 Å². The van der Waals surface area contributed by atoms with E-state index in [9.17, 15) is 0 Å². The third-order valence-corrected chi connectivity index (χ3v) is 4.16. The molecule has 0 aliphatic carbocycles. The Morgan fingerprint density at radius 2 is 1.26 bits per heavy atom. The molecule has 2 nitrogen and oxygen atoms in total. The van der Waals surface area contributed by atoms with Crippen molar-refractivity contribution in [2.24, 2.45) is 0 Å². The molecule has 0 bridgehead atoms. The van der Waals surface area contributed by atoms with Crippen molar-refractivity contribution in [3.63, 3.8) is 0 Å². The molecule has 1 heterocycles. The molecule has 1 fully saturated rings. The summed E-state index contributed by atoms with van der Waals surface area (Å²) >= 11 is 0. The molecule has 0 radical (unpaired) electrons. The zero-order valence-electron chi connectivity index (χ0n) is 13.1. The lowest BCUT2D eigenvalue weighted by atomic mass is 9.94. The van der Waals surface area contributed by atoms with E-state index in [1.54, 1.807) is 0 Å². The van der Waals surface area contributed by atoms with Crippen LogP contribution in [0.1, 0.15) is 50.7 Å². The zero-order valence-corrected chi connectivity index (χ0v) is 13.1. The summed E-state index contributed by atoms with van der Waals surface area (Å²) in [7, 11) is 2.21. The third kappa shape index (κ3) is 3.50. The van der Waals surface area contributed by atoms with Crippen LogP contribution in [-0.2, 0) is 0 Å². The van der Waals surface area contributed by atoms with Crippen LogP contribution in [0.25, 0.3) is 0 Å². The molecule has 0 amide bonds. The number of nitrogens with zero attached hydrogens (tertiary/aromatic N) is 2. The molecule has 0 saturated carbocycles. The summed E-state index contributed by atoms with van der Waals surface area (Å²) < 4.78 is 0. The second-order valence-electron chi connectivity index (χ2n) is 6.46. The number of benzene rings is 1. The van der Waals surface area contributed by atoms with Crippen molar-refractivity contribution in [2.45, 2.75) is 39.5 Å².